The van der Waals surface area contributed by atoms with Crippen LogP contribution in [0.4, 0.5) is 5.69 Å². The van der Waals surface area contributed by atoms with Gasteiger partial charge < -0.3 is 20.9 Å². The minimum atomic E-state index is -1.59. The van der Waals surface area contributed by atoms with Gasteiger partial charge in [0, 0.05) is 36.9 Å². The first-order valence-electron chi connectivity index (χ1n) is 9.55. The Morgan fingerprint density at radius 3 is 2.59 bits per heavy atom. The summed E-state index contributed by atoms with van der Waals surface area (Å²) in [6.07, 6.45) is 5.30. The molecule has 1 amide bonds. The van der Waals surface area contributed by atoms with Crippen LogP contribution in [0.5, 0.6) is 0 Å². The third-order valence-electron chi connectivity index (χ3n) is 4.45. The standard InChI is InChI=1S/C21H27Cl2N3O3/c1-21(28,15-13-17(22)20(24)18(23)14-15)26-19(27)8-3-2-6-11-29-12-9-16-7-4-5-10-25-16/h4-5,7,10,13-14,28H,2-3,6,8-9,11-12,24H2,1H3,(H,26,27). The quantitative estimate of drug-likeness (QED) is 0.278. The van der Waals surface area contributed by atoms with Gasteiger partial charge >= 0.3 is 0 Å². The molecule has 8 heteroatoms. The molecule has 0 spiro atoms. The number of hydrogen-bond donors (Lipinski definition) is 3. The minimum Gasteiger partial charge on any atom is -0.396 e. The summed E-state index contributed by atoms with van der Waals surface area (Å²) in [5, 5.41) is 13.6. The number of aliphatic hydroxyl groups is 1. The number of ether oxygens (including phenoxy) is 1. The van der Waals surface area contributed by atoms with E-state index in [4.69, 9.17) is 33.7 Å². The van der Waals surface area contributed by atoms with E-state index in [9.17, 15) is 9.90 Å². The molecule has 29 heavy (non-hydrogen) atoms. The summed E-state index contributed by atoms with van der Waals surface area (Å²) >= 11 is 12.0. The van der Waals surface area contributed by atoms with E-state index in [1.807, 2.05) is 18.2 Å². The van der Waals surface area contributed by atoms with Crippen LogP contribution in [0.2, 0.25) is 10.0 Å². The average molecular weight is 440 g/mol. The Morgan fingerprint density at radius 1 is 1.21 bits per heavy atom. The van der Waals surface area contributed by atoms with Crippen LogP contribution in [0.3, 0.4) is 0 Å². The summed E-state index contributed by atoms with van der Waals surface area (Å²) in [5.74, 6) is -0.254. The van der Waals surface area contributed by atoms with Crippen molar-refractivity contribution in [2.45, 2.75) is 44.8 Å². The number of nitrogens with zero attached hydrogens (tertiary/aromatic N) is 1. The number of pyridine rings is 1. The molecule has 158 valence electrons. The van der Waals surface area contributed by atoms with Crippen LogP contribution in [-0.2, 0) is 21.7 Å². The predicted molar refractivity (Wildman–Crippen MR) is 116 cm³/mol. The number of rotatable bonds is 11. The number of halogens is 2. The van der Waals surface area contributed by atoms with E-state index >= 15 is 0 Å². The van der Waals surface area contributed by atoms with Gasteiger partial charge in [-0.25, -0.2) is 0 Å². The molecule has 2 aromatic rings. The molecule has 0 radical (unpaired) electrons. The van der Waals surface area contributed by atoms with Crippen LogP contribution in [0, 0.1) is 0 Å². The summed E-state index contributed by atoms with van der Waals surface area (Å²) in [7, 11) is 0. The molecule has 2 rings (SSSR count). The monoisotopic (exact) mass is 439 g/mol. The van der Waals surface area contributed by atoms with Crippen LogP contribution < -0.4 is 11.1 Å². The second-order valence-corrected chi connectivity index (χ2v) is 7.78. The highest BCUT2D eigenvalue weighted by Gasteiger charge is 2.26. The molecule has 4 N–H and O–H groups in total. The highest BCUT2D eigenvalue weighted by molar-refractivity contribution is 6.38. The van der Waals surface area contributed by atoms with Gasteiger partial charge in [-0.3, -0.25) is 9.78 Å². The van der Waals surface area contributed by atoms with Gasteiger partial charge in [0.05, 0.1) is 22.3 Å². The van der Waals surface area contributed by atoms with Gasteiger partial charge in [-0.1, -0.05) is 35.7 Å². The van der Waals surface area contributed by atoms with Crippen LogP contribution in [-0.4, -0.2) is 29.2 Å². The number of hydrogen-bond acceptors (Lipinski definition) is 5. The molecular formula is C21H27Cl2N3O3. The third-order valence-corrected chi connectivity index (χ3v) is 5.07. The van der Waals surface area contributed by atoms with Crippen molar-refractivity contribution in [3.8, 4) is 0 Å². The van der Waals surface area contributed by atoms with E-state index in [1.54, 1.807) is 6.20 Å². The Kier molecular flexibility index (Phi) is 9.17. The lowest BCUT2D eigenvalue weighted by Gasteiger charge is -2.26. The number of anilines is 1. The SMILES string of the molecule is CC(O)(NC(=O)CCCCCOCCc1ccccn1)c1cc(Cl)c(N)c(Cl)c1. The summed E-state index contributed by atoms with van der Waals surface area (Å²) in [5.41, 5.74) is 5.74. The van der Waals surface area contributed by atoms with Crippen molar-refractivity contribution in [3.63, 3.8) is 0 Å². The van der Waals surface area contributed by atoms with Gasteiger partial charge in [0.2, 0.25) is 5.91 Å². The maximum absolute atomic E-state index is 12.2. The topological polar surface area (TPSA) is 97.5 Å². The van der Waals surface area contributed by atoms with Gasteiger partial charge in [-0.15, -0.1) is 0 Å². The number of carbonyl (C=O) groups excluding carboxylic acids is 1. The lowest BCUT2D eigenvalue weighted by Crippen LogP contribution is -2.43. The lowest BCUT2D eigenvalue weighted by atomic mass is 10.0. The molecule has 1 atom stereocenters. The molecule has 0 aliphatic rings. The third kappa shape index (κ3) is 7.82. The van der Waals surface area contributed by atoms with Crippen molar-refractivity contribution in [2.24, 2.45) is 0 Å². The molecule has 0 saturated heterocycles. The number of unbranched alkanes of at least 4 members (excludes halogenated alkanes) is 2. The predicted octanol–water partition coefficient (Wildman–Crippen LogP) is 4.07. The summed E-state index contributed by atoms with van der Waals surface area (Å²) in [6, 6.07) is 8.81. The lowest BCUT2D eigenvalue weighted by molar-refractivity contribution is -0.128. The fraction of sp³-hybridized carbons (Fsp3) is 0.429. The first-order valence-corrected chi connectivity index (χ1v) is 10.3. The molecule has 0 aliphatic carbocycles. The number of nitrogens with two attached hydrogens (primary N) is 1. The molecule has 1 unspecified atom stereocenters. The van der Waals surface area contributed by atoms with E-state index in [1.165, 1.54) is 19.1 Å². The Balaban J connectivity index is 1.62. The van der Waals surface area contributed by atoms with Crippen LogP contribution in [0.25, 0.3) is 0 Å². The molecule has 0 fully saturated rings. The highest BCUT2D eigenvalue weighted by atomic mass is 35.5. The molecule has 1 aromatic carbocycles. The maximum Gasteiger partial charge on any atom is 0.222 e. The van der Waals surface area contributed by atoms with Crippen LogP contribution in [0.1, 0.15) is 43.9 Å². The fourth-order valence-corrected chi connectivity index (χ4v) is 3.25. The van der Waals surface area contributed by atoms with Gasteiger partial charge in [-0.2, -0.15) is 0 Å². The molecule has 0 bridgehead atoms. The summed E-state index contributed by atoms with van der Waals surface area (Å²) in [4.78, 5) is 16.4. The second kappa shape index (κ2) is 11.4. The maximum atomic E-state index is 12.2. The molecule has 6 nitrogen and oxygen atoms in total. The van der Waals surface area contributed by atoms with Crippen molar-refractivity contribution >= 4 is 34.8 Å². The van der Waals surface area contributed by atoms with E-state index < -0.39 is 5.72 Å². The van der Waals surface area contributed by atoms with Crippen LogP contribution >= 0.6 is 23.2 Å². The Bertz CT molecular complexity index is 778. The van der Waals surface area contributed by atoms with E-state index in [-0.39, 0.29) is 21.6 Å². The van der Waals surface area contributed by atoms with Gasteiger partial charge in [0.1, 0.15) is 0 Å². The first kappa shape index (κ1) is 23.4. The number of benzene rings is 1. The molecule has 0 saturated carbocycles. The molecule has 1 aromatic heterocycles. The number of amides is 1. The number of carbonyl (C=O) groups is 1. The zero-order valence-corrected chi connectivity index (χ0v) is 18.0. The fourth-order valence-electron chi connectivity index (χ4n) is 2.76. The minimum absolute atomic E-state index is 0.227. The van der Waals surface area contributed by atoms with Gasteiger partial charge in [-0.05, 0) is 44.0 Å². The normalized spacial score (nSPS) is 13.1. The number of aromatic nitrogens is 1. The molecular weight excluding hydrogens is 413 g/mol. The van der Waals surface area contributed by atoms with E-state index in [0.29, 0.717) is 31.6 Å². The van der Waals surface area contributed by atoms with Crippen molar-refractivity contribution in [3.05, 3.63) is 57.8 Å². The Labute approximate surface area is 181 Å². The highest BCUT2D eigenvalue weighted by Crippen LogP contribution is 2.32. The van der Waals surface area contributed by atoms with Crippen LogP contribution in [0.15, 0.2) is 36.5 Å². The first-order chi connectivity index (χ1) is 13.8. The average Bonchev–Trinajstić information content (AvgIpc) is 2.68. The van der Waals surface area contributed by atoms with E-state index in [0.717, 1.165) is 25.0 Å². The zero-order chi connectivity index (χ0) is 21.3. The Morgan fingerprint density at radius 2 is 1.93 bits per heavy atom. The van der Waals surface area contributed by atoms with Crippen molar-refractivity contribution < 1.29 is 14.6 Å². The molecule has 1 heterocycles. The van der Waals surface area contributed by atoms with Gasteiger partial charge in [0.25, 0.3) is 0 Å². The molecule has 0 aliphatic heterocycles. The number of nitrogens with one attached hydrogen (secondary N) is 1. The second-order valence-electron chi connectivity index (χ2n) is 6.97. The largest absolute Gasteiger partial charge is 0.396 e. The smallest absolute Gasteiger partial charge is 0.222 e. The summed E-state index contributed by atoms with van der Waals surface area (Å²) < 4.78 is 5.60. The van der Waals surface area contributed by atoms with Gasteiger partial charge in [0.15, 0.2) is 5.72 Å². The Hall–Kier alpha value is -1.86. The van der Waals surface area contributed by atoms with Crippen molar-refractivity contribution in [1.29, 1.82) is 0 Å². The number of nitrogen functional groups attached to an aromatic ring is 1. The zero-order valence-electron chi connectivity index (χ0n) is 16.5. The van der Waals surface area contributed by atoms with Crippen molar-refractivity contribution in [2.75, 3.05) is 18.9 Å². The summed E-state index contributed by atoms with van der Waals surface area (Å²) in [6.45, 7) is 2.75. The van der Waals surface area contributed by atoms with E-state index in [2.05, 4.69) is 10.3 Å². The van der Waals surface area contributed by atoms with Crippen molar-refractivity contribution in [1.82, 2.24) is 10.3 Å².